The summed E-state index contributed by atoms with van der Waals surface area (Å²) in [6.45, 7) is 3.70. The highest BCUT2D eigenvalue weighted by Gasteiger charge is 2.16. The van der Waals surface area contributed by atoms with E-state index in [4.69, 9.17) is 0 Å². The van der Waals surface area contributed by atoms with Crippen molar-refractivity contribution in [3.8, 4) is 11.4 Å². The zero-order chi connectivity index (χ0) is 20.4. The Labute approximate surface area is 178 Å². The number of hydrogen-bond acceptors (Lipinski definition) is 3. The van der Waals surface area contributed by atoms with Crippen LogP contribution < -0.4 is 5.43 Å². The van der Waals surface area contributed by atoms with Gasteiger partial charge in [0, 0.05) is 17.1 Å². The fourth-order valence-electron chi connectivity index (χ4n) is 2.87. The van der Waals surface area contributed by atoms with Crippen LogP contribution in [0, 0.1) is 19.7 Å². The van der Waals surface area contributed by atoms with Gasteiger partial charge < -0.3 is 9.67 Å². The number of carbonyl (C=O) groups is 1. The van der Waals surface area contributed by atoms with Crippen molar-refractivity contribution in [2.24, 2.45) is 5.10 Å². The quantitative estimate of drug-likeness (QED) is 0.374. The van der Waals surface area contributed by atoms with E-state index < -0.39 is 0 Å². The molecule has 144 valence electrons. The Morgan fingerprint density at radius 1 is 1.14 bits per heavy atom. The monoisotopic (exact) mass is 507 g/mol. The van der Waals surface area contributed by atoms with E-state index in [0.29, 0.717) is 20.1 Å². The molecular weight excluding hydrogens is 493 g/mol. The van der Waals surface area contributed by atoms with Crippen molar-refractivity contribution >= 4 is 44.0 Å². The van der Waals surface area contributed by atoms with Gasteiger partial charge in [0.05, 0.1) is 20.7 Å². The minimum absolute atomic E-state index is 0.0921. The predicted molar refractivity (Wildman–Crippen MR) is 114 cm³/mol. The first-order valence-corrected chi connectivity index (χ1v) is 9.83. The summed E-state index contributed by atoms with van der Waals surface area (Å²) in [7, 11) is 0. The lowest BCUT2D eigenvalue weighted by molar-refractivity contribution is 0.0954. The van der Waals surface area contributed by atoms with Crippen LogP contribution in [0.1, 0.15) is 27.3 Å². The molecule has 1 heterocycles. The fraction of sp³-hybridized carbons (Fsp3) is 0.100. The smallest absolute Gasteiger partial charge is 0.273 e. The van der Waals surface area contributed by atoms with Gasteiger partial charge in [-0.15, -0.1) is 0 Å². The van der Waals surface area contributed by atoms with Crippen molar-refractivity contribution in [1.29, 1.82) is 0 Å². The van der Waals surface area contributed by atoms with Crippen LogP contribution in [0.5, 0.6) is 5.75 Å². The SMILES string of the molecule is Cc1cc(C(=O)N/N=C/c2cc(Br)c(O)c(Br)c2)c(C)n1-c1ccc(F)cc1. The second-order valence-electron chi connectivity index (χ2n) is 6.13. The zero-order valence-corrected chi connectivity index (χ0v) is 18.2. The highest BCUT2D eigenvalue weighted by molar-refractivity contribution is 9.11. The van der Waals surface area contributed by atoms with Gasteiger partial charge in [0.15, 0.2) is 0 Å². The lowest BCUT2D eigenvalue weighted by Gasteiger charge is -2.09. The van der Waals surface area contributed by atoms with E-state index in [1.54, 1.807) is 30.3 Å². The van der Waals surface area contributed by atoms with E-state index in [1.165, 1.54) is 18.3 Å². The molecule has 1 aromatic heterocycles. The number of nitrogens with one attached hydrogen (secondary N) is 1. The summed E-state index contributed by atoms with van der Waals surface area (Å²) in [5, 5.41) is 13.7. The van der Waals surface area contributed by atoms with Gasteiger partial charge in [0.25, 0.3) is 5.91 Å². The van der Waals surface area contributed by atoms with Gasteiger partial charge in [-0.2, -0.15) is 5.10 Å². The van der Waals surface area contributed by atoms with Gasteiger partial charge in [-0.05, 0) is 93.7 Å². The highest BCUT2D eigenvalue weighted by atomic mass is 79.9. The number of hydrazone groups is 1. The highest BCUT2D eigenvalue weighted by Crippen LogP contribution is 2.32. The number of phenolic OH excluding ortho intramolecular Hbond substituents is 1. The minimum Gasteiger partial charge on any atom is -0.506 e. The van der Waals surface area contributed by atoms with Crippen molar-refractivity contribution in [2.75, 3.05) is 0 Å². The molecule has 0 bridgehead atoms. The predicted octanol–water partition coefficient (Wildman–Crippen LogP) is 5.23. The van der Waals surface area contributed by atoms with E-state index in [2.05, 4.69) is 42.4 Å². The maximum absolute atomic E-state index is 13.2. The number of aromatic nitrogens is 1. The molecule has 5 nitrogen and oxygen atoms in total. The van der Waals surface area contributed by atoms with Gasteiger partial charge in [0.1, 0.15) is 11.6 Å². The van der Waals surface area contributed by atoms with Gasteiger partial charge in [-0.3, -0.25) is 4.79 Å². The Hall–Kier alpha value is -2.45. The molecule has 0 radical (unpaired) electrons. The number of rotatable bonds is 4. The molecule has 0 fully saturated rings. The summed E-state index contributed by atoms with van der Waals surface area (Å²) in [4.78, 5) is 12.5. The third kappa shape index (κ3) is 4.18. The summed E-state index contributed by atoms with van der Waals surface area (Å²) < 4.78 is 16.1. The molecule has 0 unspecified atom stereocenters. The molecule has 0 atom stereocenters. The first kappa shape index (κ1) is 20.3. The second-order valence-corrected chi connectivity index (χ2v) is 7.84. The third-order valence-corrected chi connectivity index (χ3v) is 5.39. The minimum atomic E-state index is -0.352. The molecule has 8 heteroatoms. The van der Waals surface area contributed by atoms with Crippen LogP contribution in [0.2, 0.25) is 0 Å². The maximum atomic E-state index is 13.2. The summed E-state index contributed by atoms with van der Waals surface area (Å²) >= 11 is 6.49. The summed E-state index contributed by atoms with van der Waals surface area (Å²) in [6.07, 6.45) is 1.48. The number of carbonyl (C=O) groups excluding carboxylic acids is 1. The lowest BCUT2D eigenvalue weighted by Crippen LogP contribution is -2.18. The maximum Gasteiger partial charge on any atom is 0.273 e. The van der Waals surface area contributed by atoms with Crippen molar-refractivity contribution in [2.45, 2.75) is 13.8 Å². The average molecular weight is 509 g/mol. The number of benzene rings is 2. The van der Waals surface area contributed by atoms with Crippen molar-refractivity contribution in [1.82, 2.24) is 9.99 Å². The first-order valence-electron chi connectivity index (χ1n) is 8.24. The molecule has 0 aliphatic heterocycles. The lowest BCUT2D eigenvalue weighted by atomic mass is 10.2. The van der Waals surface area contributed by atoms with Crippen molar-refractivity contribution in [3.63, 3.8) is 0 Å². The Bertz CT molecular complexity index is 1050. The summed E-state index contributed by atoms with van der Waals surface area (Å²) in [5.74, 6) is -0.574. The van der Waals surface area contributed by atoms with Crippen LogP contribution in [0.15, 0.2) is 56.5 Å². The van der Waals surface area contributed by atoms with E-state index in [9.17, 15) is 14.3 Å². The molecule has 1 amide bonds. The number of aryl methyl sites for hydroxylation is 1. The molecule has 2 N–H and O–H groups in total. The first-order chi connectivity index (χ1) is 13.3. The van der Waals surface area contributed by atoms with E-state index in [0.717, 1.165) is 17.1 Å². The van der Waals surface area contributed by atoms with Crippen molar-refractivity contribution in [3.05, 3.63) is 79.7 Å². The zero-order valence-electron chi connectivity index (χ0n) is 15.0. The molecular formula is C20H16Br2FN3O2. The van der Waals surface area contributed by atoms with E-state index in [1.807, 2.05) is 18.4 Å². The standard InChI is InChI=1S/C20H16Br2FN3O2/c1-11-7-16(12(2)26(11)15-5-3-14(23)4-6-15)20(28)25-24-10-13-8-17(21)19(27)18(22)9-13/h3-10,27H,1-2H3,(H,25,28)/b24-10+. The second kappa shape index (κ2) is 8.28. The molecule has 0 spiro atoms. The Morgan fingerprint density at radius 2 is 1.75 bits per heavy atom. The van der Waals surface area contributed by atoms with Crippen LogP contribution in [0.3, 0.4) is 0 Å². The van der Waals surface area contributed by atoms with Gasteiger partial charge >= 0.3 is 0 Å². The molecule has 0 saturated heterocycles. The Kier molecular flexibility index (Phi) is 6.00. The van der Waals surface area contributed by atoms with Crippen LogP contribution in [-0.2, 0) is 0 Å². The Morgan fingerprint density at radius 3 is 2.36 bits per heavy atom. The number of hydrogen-bond donors (Lipinski definition) is 2. The van der Waals surface area contributed by atoms with Crippen LogP contribution in [0.25, 0.3) is 5.69 Å². The van der Waals surface area contributed by atoms with E-state index >= 15 is 0 Å². The molecule has 0 aliphatic carbocycles. The van der Waals surface area contributed by atoms with Gasteiger partial charge in [0.2, 0.25) is 0 Å². The number of amides is 1. The topological polar surface area (TPSA) is 66.6 Å². The van der Waals surface area contributed by atoms with Crippen molar-refractivity contribution < 1.29 is 14.3 Å². The third-order valence-electron chi connectivity index (χ3n) is 4.18. The Balaban J connectivity index is 1.80. The molecule has 0 saturated carbocycles. The molecule has 2 aromatic carbocycles. The molecule has 0 aliphatic rings. The van der Waals surface area contributed by atoms with E-state index in [-0.39, 0.29) is 17.5 Å². The van der Waals surface area contributed by atoms with Gasteiger partial charge in [-0.25, -0.2) is 9.82 Å². The van der Waals surface area contributed by atoms with Gasteiger partial charge in [-0.1, -0.05) is 0 Å². The molecule has 28 heavy (non-hydrogen) atoms. The largest absolute Gasteiger partial charge is 0.506 e. The van der Waals surface area contributed by atoms with Crippen LogP contribution >= 0.6 is 31.9 Å². The summed E-state index contributed by atoms with van der Waals surface area (Å²) in [5.41, 5.74) is 6.03. The number of aromatic hydroxyl groups is 1. The van der Waals surface area contributed by atoms with Crippen LogP contribution in [0.4, 0.5) is 4.39 Å². The number of halogens is 3. The molecule has 3 rings (SSSR count). The number of phenols is 1. The molecule has 3 aromatic rings. The average Bonchev–Trinajstić information content (AvgIpc) is 2.95. The number of nitrogens with zero attached hydrogens (tertiary/aromatic N) is 2. The van der Waals surface area contributed by atoms with Crippen LogP contribution in [-0.4, -0.2) is 21.8 Å². The fourth-order valence-corrected chi connectivity index (χ4v) is 4.09. The summed E-state index contributed by atoms with van der Waals surface area (Å²) in [6, 6.07) is 11.2. The normalized spacial score (nSPS) is 11.2.